The molecule has 4 rings (SSSR count). The van der Waals surface area contributed by atoms with Gasteiger partial charge in [-0.15, -0.1) is 11.3 Å². The molecule has 2 aromatic heterocycles. The monoisotopic (exact) mass is 586 g/mol. The standard InChI is InChI=1S/C23H17Cl2F3N2OS2.C4H10/c1-22(31,23(26,27)28)13-6-7-29-18(10-13)16-11-14(24)8-12-9-19(33-21(12)16)20(30-32)15-4-2-3-5-17(15)25;1-4(2)3/h2-11,20,30-32H,1H3;4H,1-3H3. The molecule has 0 aliphatic rings. The summed E-state index contributed by atoms with van der Waals surface area (Å²) in [5.41, 5.74) is -1.67. The Morgan fingerprint density at radius 2 is 1.68 bits per heavy atom. The number of aliphatic hydroxyl groups is 1. The number of rotatable bonds is 5. The van der Waals surface area contributed by atoms with E-state index < -0.39 is 11.8 Å². The van der Waals surface area contributed by atoms with E-state index in [1.807, 2.05) is 24.3 Å². The zero-order valence-corrected chi connectivity index (χ0v) is 23.8. The van der Waals surface area contributed by atoms with Gasteiger partial charge < -0.3 is 5.11 Å². The lowest BCUT2D eigenvalue weighted by Crippen LogP contribution is -2.39. The number of hydrogen-bond donors (Lipinski definition) is 3. The molecule has 0 radical (unpaired) electrons. The molecule has 0 spiro atoms. The molecule has 10 heteroatoms. The minimum absolute atomic E-state index is 0.269. The number of hydrogen-bond acceptors (Lipinski definition) is 5. The van der Waals surface area contributed by atoms with Crippen molar-refractivity contribution in [1.82, 2.24) is 9.71 Å². The largest absolute Gasteiger partial charge is 0.421 e. The smallest absolute Gasteiger partial charge is 0.376 e. The zero-order valence-electron chi connectivity index (χ0n) is 20.6. The van der Waals surface area contributed by atoms with Gasteiger partial charge in [-0.05, 0) is 65.8 Å². The Balaban J connectivity index is 0.000000886. The molecule has 2 atom stereocenters. The maximum atomic E-state index is 13.4. The van der Waals surface area contributed by atoms with E-state index >= 15 is 0 Å². The normalized spacial score (nSPS) is 14.3. The van der Waals surface area contributed by atoms with Crippen LogP contribution in [0.2, 0.25) is 10.0 Å². The molecule has 37 heavy (non-hydrogen) atoms. The highest BCUT2D eigenvalue weighted by Crippen LogP contribution is 2.43. The van der Waals surface area contributed by atoms with Gasteiger partial charge in [0.2, 0.25) is 0 Å². The molecule has 198 valence electrons. The number of pyridine rings is 1. The Hall–Kier alpha value is -1.81. The summed E-state index contributed by atoms with van der Waals surface area (Å²) in [6.07, 6.45) is -3.60. The van der Waals surface area contributed by atoms with E-state index in [1.54, 1.807) is 18.2 Å². The SMILES string of the molecule is CC(C)C.CC(O)(c1ccnc(-c2cc(Cl)cc3cc(C(NS)c4ccccc4Cl)sc23)c1)C(F)(F)F. The maximum Gasteiger partial charge on any atom is 0.421 e. The number of thiophene rings is 1. The van der Waals surface area contributed by atoms with Gasteiger partial charge in [-0.25, -0.2) is 0 Å². The van der Waals surface area contributed by atoms with Gasteiger partial charge in [0.05, 0.1) is 11.7 Å². The minimum Gasteiger partial charge on any atom is -0.376 e. The lowest BCUT2D eigenvalue weighted by atomic mass is 9.94. The van der Waals surface area contributed by atoms with Gasteiger partial charge >= 0.3 is 6.18 Å². The number of alkyl halides is 3. The quantitative estimate of drug-likeness (QED) is 0.204. The van der Waals surface area contributed by atoms with Crippen molar-refractivity contribution in [2.75, 3.05) is 0 Å². The Bertz CT molecular complexity index is 1370. The Kier molecular flexibility index (Phi) is 9.59. The third-order valence-electron chi connectivity index (χ3n) is 5.38. The Labute approximate surface area is 234 Å². The molecule has 0 saturated heterocycles. The van der Waals surface area contributed by atoms with Crippen molar-refractivity contribution in [2.24, 2.45) is 5.92 Å². The molecular formula is C27H27Cl2F3N2OS2. The molecule has 0 amide bonds. The average molecular weight is 588 g/mol. The van der Waals surface area contributed by atoms with Crippen LogP contribution >= 0.6 is 47.4 Å². The number of thiol groups is 1. The summed E-state index contributed by atoms with van der Waals surface area (Å²) in [4.78, 5) is 5.15. The summed E-state index contributed by atoms with van der Waals surface area (Å²) in [7, 11) is 0. The number of benzene rings is 2. The van der Waals surface area contributed by atoms with Crippen LogP contribution in [0.1, 0.15) is 49.7 Å². The zero-order chi connectivity index (χ0) is 27.5. The second-order valence-corrected chi connectivity index (χ2v) is 11.5. The summed E-state index contributed by atoms with van der Waals surface area (Å²) >= 11 is 18.4. The number of aromatic nitrogens is 1. The van der Waals surface area contributed by atoms with Crippen LogP contribution in [0.3, 0.4) is 0 Å². The van der Waals surface area contributed by atoms with E-state index in [-0.39, 0.29) is 17.3 Å². The Morgan fingerprint density at radius 1 is 1.03 bits per heavy atom. The molecule has 3 nitrogen and oxygen atoms in total. The third-order valence-corrected chi connectivity index (χ3v) is 7.45. The molecule has 2 N–H and O–H groups in total. The van der Waals surface area contributed by atoms with E-state index in [2.05, 4.69) is 43.3 Å². The van der Waals surface area contributed by atoms with Crippen molar-refractivity contribution in [3.8, 4) is 11.3 Å². The van der Waals surface area contributed by atoms with Gasteiger partial charge in [-0.3, -0.25) is 9.71 Å². The van der Waals surface area contributed by atoms with Crippen molar-refractivity contribution >= 4 is 57.4 Å². The van der Waals surface area contributed by atoms with Gasteiger partial charge in [0, 0.05) is 31.4 Å². The predicted molar refractivity (Wildman–Crippen MR) is 152 cm³/mol. The first-order valence-electron chi connectivity index (χ1n) is 11.4. The van der Waals surface area contributed by atoms with Gasteiger partial charge in [-0.1, -0.05) is 75.0 Å². The van der Waals surface area contributed by atoms with Crippen LogP contribution in [-0.4, -0.2) is 16.3 Å². The second kappa shape index (κ2) is 11.9. The first kappa shape index (κ1) is 29.7. The van der Waals surface area contributed by atoms with Crippen molar-refractivity contribution in [1.29, 1.82) is 0 Å². The van der Waals surface area contributed by atoms with Crippen LogP contribution in [0, 0.1) is 5.92 Å². The number of halogens is 5. The van der Waals surface area contributed by atoms with Gasteiger partial charge in [0.1, 0.15) is 0 Å². The van der Waals surface area contributed by atoms with Crippen molar-refractivity contribution < 1.29 is 18.3 Å². The fourth-order valence-corrected chi connectivity index (χ4v) is 5.58. The van der Waals surface area contributed by atoms with Crippen LogP contribution in [0.4, 0.5) is 13.2 Å². The highest BCUT2D eigenvalue weighted by molar-refractivity contribution is 7.78. The lowest BCUT2D eigenvalue weighted by Gasteiger charge is -2.26. The summed E-state index contributed by atoms with van der Waals surface area (Å²) in [5, 5.41) is 11.9. The van der Waals surface area contributed by atoms with Crippen LogP contribution in [0.5, 0.6) is 0 Å². The van der Waals surface area contributed by atoms with E-state index in [1.165, 1.54) is 23.6 Å². The molecule has 0 bridgehead atoms. The minimum atomic E-state index is -4.84. The van der Waals surface area contributed by atoms with Crippen LogP contribution in [0.25, 0.3) is 21.3 Å². The molecule has 0 saturated carbocycles. The first-order chi connectivity index (χ1) is 17.3. The highest BCUT2D eigenvalue weighted by atomic mass is 35.5. The topological polar surface area (TPSA) is 45.2 Å². The van der Waals surface area contributed by atoms with Gasteiger partial charge in [0.15, 0.2) is 5.60 Å². The van der Waals surface area contributed by atoms with Crippen LogP contribution < -0.4 is 4.72 Å². The van der Waals surface area contributed by atoms with Crippen LogP contribution in [0.15, 0.2) is 60.8 Å². The van der Waals surface area contributed by atoms with Gasteiger partial charge in [0.25, 0.3) is 0 Å². The predicted octanol–water partition coefficient (Wildman–Crippen LogP) is 9.23. The van der Waals surface area contributed by atoms with Crippen molar-refractivity contribution in [2.45, 2.75) is 45.5 Å². The Morgan fingerprint density at radius 3 is 2.27 bits per heavy atom. The molecule has 2 unspecified atom stereocenters. The average Bonchev–Trinajstić information content (AvgIpc) is 3.22. The molecule has 4 aromatic rings. The molecule has 0 aliphatic heterocycles. The summed E-state index contributed by atoms with van der Waals surface area (Å²) in [5.74, 6) is 0.833. The molecule has 2 aromatic carbocycles. The second-order valence-electron chi connectivity index (χ2n) is 9.34. The van der Waals surface area contributed by atoms with E-state index in [9.17, 15) is 18.3 Å². The van der Waals surface area contributed by atoms with E-state index in [4.69, 9.17) is 23.2 Å². The molecule has 0 fully saturated rings. The van der Waals surface area contributed by atoms with E-state index in [0.717, 1.165) is 39.4 Å². The van der Waals surface area contributed by atoms with Gasteiger partial charge in [-0.2, -0.15) is 13.2 Å². The molecule has 0 aliphatic carbocycles. The number of nitrogens with zero attached hydrogens (tertiary/aromatic N) is 1. The van der Waals surface area contributed by atoms with Crippen molar-refractivity contribution in [3.63, 3.8) is 0 Å². The van der Waals surface area contributed by atoms with E-state index in [0.29, 0.717) is 15.6 Å². The molecular weight excluding hydrogens is 560 g/mol. The fourth-order valence-electron chi connectivity index (χ4n) is 3.51. The first-order valence-corrected chi connectivity index (χ1v) is 13.4. The van der Waals surface area contributed by atoms with Crippen molar-refractivity contribution in [3.05, 3.63) is 86.8 Å². The maximum absolute atomic E-state index is 13.4. The number of fused-ring (bicyclic) bond motifs is 1. The summed E-state index contributed by atoms with van der Waals surface area (Å²) in [6, 6.07) is 14.8. The van der Waals surface area contributed by atoms with Crippen LogP contribution in [-0.2, 0) is 5.60 Å². The highest BCUT2D eigenvalue weighted by Gasteiger charge is 2.51. The summed E-state index contributed by atoms with van der Waals surface area (Å²) in [6.45, 7) is 7.22. The number of nitrogens with one attached hydrogen (secondary N) is 1. The third kappa shape index (κ3) is 6.80. The fraction of sp³-hybridized carbons (Fsp3) is 0.296. The molecule has 2 heterocycles. The lowest BCUT2D eigenvalue weighted by molar-refractivity contribution is -0.258. The summed E-state index contributed by atoms with van der Waals surface area (Å²) < 4.78 is 43.9.